The maximum Gasteiger partial charge on any atom is 0.222 e. The summed E-state index contributed by atoms with van der Waals surface area (Å²) in [6, 6.07) is -0.396. The Bertz CT molecular complexity index is 282. The highest BCUT2D eigenvalue weighted by Crippen LogP contribution is 2.03. The van der Waals surface area contributed by atoms with Crippen molar-refractivity contribution in [2.75, 3.05) is 0 Å². The fraction of sp³-hybridized carbons (Fsp3) is 0.714. The van der Waals surface area contributed by atoms with Crippen LogP contribution in [-0.4, -0.2) is 32.6 Å². The molecule has 1 rings (SSSR count). The van der Waals surface area contributed by atoms with Gasteiger partial charge in [0.05, 0.1) is 6.04 Å². The molecule has 1 aromatic rings. The first kappa shape index (κ1) is 10.6. The standard InChI is InChI=1S/C7H14N6O/c1-4(8)3-6(14)9-5(2)7-10-12-13-11-7/h4-5H,3,8H2,1-2H3,(H,9,14)(H,10,11,12,13). The van der Waals surface area contributed by atoms with E-state index < -0.39 is 0 Å². The molecule has 0 aliphatic rings. The number of carbonyl (C=O) groups excluding carboxylic acids is 1. The summed E-state index contributed by atoms with van der Waals surface area (Å²) in [6.07, 6.45) is 0.294. The number of amides is 1. The summed E-state index contributed by atoms with van der Waals surface area (Å²) in [7, 11) is 0. The summed E-state index contributed by atoms with van der Waals surface area (Å²) in [5, 5.41) is 15.9. The van der Waals surface area contributed by atoms with Gasteiger partial charge in [-0.05, 0) is 13.8 Å². The molecule has 1 amide bonds. The van der Waals surface area contributed by atoms with Crippen LogP contribution >= 0.6 is 0 Å². The number of nitrogens with one attached hydrogen (secondary N) is 2. The Labute approximate surface area is 81.4 Å². The van der Waals surface area contributed by atoms with Crippen molar-refractivity contribution in [3.05, 3.63) is 5.82 Å². The molecule has 0 saturated carbocycles. The van der Waals surface area contributed by atoms with Crippen LogP contribution in [0, 0.1) is 0 Å². The number of nitrogens with two attached hydrogens (primary N) is 1. The molecule has 2 atom stereocenters. The van der Waals surface area contributed by atoms with E-state index in [0.717, 1.165) is 0 Å². The Morgan fingerprint density at radius 1 is 1.64 bits per heavy atom. The third kappa shape index (κ3) is 3.09. The van der Waals surface area contributed by atoms with Crippen molar-refractivity contribution < 1.29 is 4.79 Å². The summed E-state index contributed by atoms with van der Waals surface area (Å²) in [5.74, 6) is 0.348. The maximum absolute atomic E-state index is 11.3. The van der Waals surface area contributed by atoms with E-state index in [9.17, 15) is 4.79 Å². The SMILES string of the molecule is CC(N)CC(=O)NC(C)c1nn[nH]n1. The summed E-state index contributed by atoms with van der Waals surface area (Å²) >= 11 is 0. The number of tetrazole rings is 1. The molecule has 0 bridgehead atoms. The smallest absolute Gasteiger partial charge is 0.222 e. The third-order valence-electron chi connectivity index (χ3n) is 1.63. The van der Waals surface area contributed by atoms with Crippen LogP contribution in [0.3, 0.4) is 0 Å². The number of rotatable bonds is 4. The second kappa shape index (κ2) is 4.66. The largest absolute Gasteiger partial charge is 0.346 e. The number of carbonyl (C=O) groups is 1. The van der Waals surface area contributed by atoms with Gasteiger partial charge in [-0.15, -0.1) is 10.2 Å². The molecular weight excluding hydrogens is 184 g/mol. The predicted octanol–water partition coefficient (Wildman–Crippen LogP) is -0.886. The van der Waals surface area contributed by atoms with E-state index in [-0.39, 0.29) is 18.0 Å². The van der Waals surface area contributed by atoms with Crippen molar-refractivity contribution in [3.8, 4) is 0 Å². The molecular formula is C7H14N6O. The van der Waals surface area contributed by atoms with Gasteiger partial charge in [0.25, 0.3) is 0 Å². The molecule has 4 N–H and O–H groups in total. The summed E-state index contributed by atoms with van der Waals surface area (Å²) in [6.45, 7) is 3.56. The van der Waals surface area contributed by atoms with Gasteiger partial charge in [0.1, 0.15) is 0 Å². The van der Waals surface area contributed by atoms with Crippen molar-refractivity contribution in [2.45, 2.75) is 32.4 Å². The van der Waals surface area contributed by atoms with Crippen molar-refractivity contribution in [1.29, 1.82) is 0 Å². The molecule has 0 fully saturated rings. The fourth-order valence-electron chi connectivity index (χ4n) is 1.01. The summed E-state index contributed by atoms with van der Waals surface area (Å²) in [4.78, 5) is 11.3. The molecule has 0 aliphatic heterocycles. The molecule has 1 heterocycles. The Kier molecular flexibility index (Phi) is 3.52. The van der Waals surface area contributed by atoms with E-state index in [1.807, 2.05) is 0 Å². The third-order valence-corrected chi connectivity index (χ3v) is 1.63. The Morgan fingerprint density at radius 2 is 2.36 bits per heavy atom. The molecule has 7 nitrogen and oxygen atoms in total. The zero-order valence-electron chi connectivity index (χ0n) is 8.19. The van der Waals surface area contributed by atoms with Crippen molar-refractivity contribution in [1.82, 2.24) is 25.9 Å². The average molecular weight is 198 g/mol. The predicted molar refractivity (Wildman–Crippen MR) is 49.0 cm³/mol. The molecule has 2 unspecified atom stereocenters. The monoisotopic (exact) mass is 198 g/mol. The summed E-state index contributed by atoms with van der Waals surface area (Å²) < 4.78 is 0. The number of aromatic amines is 1. The van der Waals surface area contributed by atoms with Gasteiger partial charge < -0.3 is 11.1 Å². The molecule has 0 aromatic carbocycles. The topological polar surface area (TPSA) is 110 Å². The number of nitrogens with zero attached hydrogens (tertiary/aromatic N) is 3. The van der Waals surface area contributed by atoms with Gasteiger partial charge in [-0.2, -0.15) is 5.21 Å². The highest BCUT2D eigenvalue weighted by molar-refractivity contribution is 5.76. The minimum atomic E-state index is -0.250. The van der Waals surface area contributed by atoms with E-state index in [1.165, 1.54) is 0 Å². The number of hydrogen-bond acceptors (Lipinski definition) is 5. The summed E-state index contributed by atoms with van der Waals surface area (Å²) in [5.41, 5.74) is 5.48. The second-order valence-electron chi connectivity index (χ2n) is 3.24. The molecule has 7 heteroatoms. The molecule has 0 radical (unpaired) electrons. The first-order valence-electron chi connectivity index (χ1n) is 4.38. The molecule has 1 aromatic heterocycles. The molecule has 0 aliphatic carbocycles. The van der Waals surface area contributed by atoms with E-state index in [2.05, 4.69) is 25.9 Å². The first-order chi connectivity index (χ1) is 6.59. The van der Waals surface area contributed by atoms with Crippen LogP contribution in [0.2, 0.25) is 0 Å². The van der Waals surface area contributed by atoms with E-state index in [1.54, 1.807) is 13.8 Å². The van der Waals surface area contributed by atoms with Gasteiger partial charge in [0, 0.05) is 12.5 Å². The van der Waals surface area contributed by atoms with Gasteiger partial charge >= 0.3 is 0 Å². The molecule has 0 spiro atoms. The van der Waals surface area contributed by atoms with E-state index in [0.29, 0.717) is 12.2 Å². The van der Waals surface area contributed by atoms with Crippen molar-refractivity contribution in [2.24, 2.45) is 5.73 Å². The highest BCUT2D eigenvalue weighted by Gasteiger charge is 2.13. The lowest BCUT2D eigenvalue weighted by atomic mass is 10.2. The zero-order chi connectivity index (χ0) is 10.6. The van der Waals surface area contributed by atoms with Crippen LogP contribution in [0.15, 0.2) is 0 Å². The first-order valence-corrected chi connectivity index (χ1v) is 4.38. The van der Waals surface area contributed by atoms with Gasteiger partial charge in [0.2, 0.25) is 5.91 Å². The Hall–Kier alpha value is -1.50. The minimum Gasteiger partial charge on any atom is -0.346 e. The lowest BCUT2D eigenvalue weighted by Crippen LogP contribution is -2.32. The number of H-pyrrole nitrogens is 1. The van der Waals surface area contributed by atoms with Gasteiger partial charge in [-0.1, -0.05) is 5.21 Å². The lowest BCUT2D eigenvalue weighted by Gasteiger charge is -2.10. The average Bonchev–Trinajstić information content (AvgIpc) is 2.53. The molecule has 14 heavy (non-hydrogen) atoms. The van der Waals surface area contributed by atoms with Crippen LogP contribution in [0.25, 0.3) is 0 Å². The number of hydrogen-bond donors (Lipinski definition) is 3. The van der Waals surface area contributed by atoms with Crippen molar-refractivity contribution >= 4 is 5.91 Å². The van der Waals surface area contributed by atoms with Crippen LogP contribution in [0.1, 0.15) is 32.1 Å². The van der Waals surface area contributed by atoms with Gasteiger partial charge in [-0.3, -0.25) is 4.79 Å². The van der Waals surface area contributed by atoms with Crippen LogP contribution in [0.4, 0.5) is 0 Å². The zero-order valence-corrected chi connectivity index (χ0v) is 8.19. The molecule has 78 valence electrons. The normalized spacial score (nSPS) is 14.8. The minimum absolute atomic E-state index is 0.114. The quantitative estimate of drug-likeness (QED) is 0.581. The van der Waals surface area contributed by atoms with E-state index in [4.69, 9.17) is 5.73 Å². The van der Waals surface area contributed by atoms with E-state index >= 15 is 0 Å². The van der Waals surface area contributed by atoms with Crippen LogP contribution in [0.5, 0.6) is 0 Å². The fourth-order valence-corrected chi connectivity index (χ4v) is 1.01. The van der Waals surface area contributed by atoms with Crippen LogP contribution < -0.4 is 11.1 Å². The van der Waals surface area contributed by atoms with Gasteiger partial charge in [-0.25, -0.2) is 0 Å². The Balaban J connectivity index is 2.41. The van der Waals surface area contributed by atoms with Crippen molar-refractivity contribution in [3.63, 3.8) is 0 Å². The highest BCUT2D eigenvalue weighted by atomic mass is 16.1. The number of aromatic nitrogens is 4. The van der Waals surface area contributed by atoms with Crippen LogP contribution in [-0.2, 0) is 4.79 Å². The maximum atomic E-state index is 11.3. The molecule has 0 saturated heterocycles. The second-order valence-corrected chi connectivity index (χ2v) is 3.24. The van der Waals surface area contributed by atoms with Gasteiger partial charge in [0.15, 0.2) is 5.82 Å². The Morgan fingerprint density at radius 3 is 2.86 bits per heavy atom. The lowest BCUT2D eigenvalue weighted by molar-refractivity contribution is -0.122.